The predicted octanol–water partition coefficient (Wildman–Crippen LogP) is 1.75. The number of nitrogens with two attached hydrogens (primary N) is 1. The largest absolute Gasteiger partial charge is 0.397 e. The van der Waals surface area contributed by atoms with Gasteiger partial charge < -0.3 is 11.1 Å². The minimum absolute atomic E-state index is 0.399. The maximum atomic E-state index is 8.90. The lowest BCUT2D eigenvalue weighted by molar-refractivity contribution is 0.609. The van der Waals surface area contributed by atoms with Crippen molar-refractivity contribution in [3.63, 3.8) is 0 Å². The summed E-state index contributed by atoms with van der Waals surface area (Å²) in [5.41, 5.74) is 6.99. The Labute approximate surface area is 89.1 Å². The van der Waals surface area contributed by atoms with Gasteiger partial charge in [-0.05, 0) is 24.3 Å². The standard InChI is InChI=1S/C11H14N4/c1-11(2-3-11)7-15-10-8(5-12)4-9(13)6-14-10/h4,6H,2-3,7,13H2,1H3,(H,14,15). The Morgan fingerprint density at radius 2 is 2.40 bits per heavy atom. The summed E-state index contributed by atoms with van der Waals surface area (Å²) in [6.07, 6.45) is 4.06. The SMILES string of the molecule is CC1(CNc2ncc(N)cc2C#N)CC1. The first kappa shape index (κ1) is 9.78. The Kier molecular flexibility index (Phi) is 2.24. The van der Waals surface area contributed by atoms with Crippen LogP contribution in [0.25, 0.3) is 0 Å². The van der Waals surface area contributed by atoms with Gasteiger partial charge in [0.1, 0.15) is 11.9 Å². The fourth-order valence-corrected chi connectivity index (χ4v) is 1.39. The van der Waals surface area contributed by atoms with Gasteiger partial charge in [0.2, 0.25) is 0 Å². The lowest BCUT2D eigenvalue weighted by atomic mass is 10.1. The van der Waals surface area contributed by atoms with E-state index in [-0.39, 0.29) is 0 Å². The molecule has 78 valence electrons. The molecule has 1 aromatic rings. The molecule has 0 atom stereocenters. The maximum absolute atomic E-state index is 8.90. The first-order valence-corrected chi connectivity index (χ1v) is 5.02. The summed E-state index contributed by atoms with van der Waals surface area (Å²) in [5, 5.41) is 12.1. The van der Waals surface area contributed by atoms with Gasteiger partial charge in [0, 0.05) is 6.54 Å². The molecule has 0 aromatic carbocycles. The highest BCUT2D eigenvalue weighted by atomic mass is 15.0. The molecule has 0 radical (unpaired) electrons. The highest BCUT2D eigenvalue weighted by molar-refractivity contribution is 5.57. The van der Waals surface area contributed by atoms with Crippen LogP contribution < -0.4 is 11.1 Å². The number of aromatic nitrogens is 1. The number of pyridine rings is 1. The van der Waals surface area contributed by atoms with Gasteiger partial charge in [0.25, 0.3) is 0 Å². The smallest absolute Gasteiger partial charge is 0.144 e. The fourth-order valence-electron chi connectivity index (χ4n) is 1.39. The molecule has 0 unspecified atom stereocenters. The number of anilines is 2. The summed E-state index contributed by atoms with van der Waals surface area (Å²) < 4.78 is 0. The van der Waals surface area contributed by atoms with Crippen LogP contribution in [0.4, 0.5) is 11.5 Å². The monoisotopic (exact) mass is 202 g/mol. The van der Waals surface area contributed by atoms with Crippen molar-refractivity contribution in [3.8, 4) is 6.07 Å². The fraction of sp³-hybridized carbons (Fsp3) is 0.455. The molecule has 0 aliphatic heterocycles. The summed E-state index contributed by atoms with van der Waals surface area (Å²) in [6.45, 7) is 3.10. The first-order valence-electron chi connectivity index (χ1n) is 5.02. The zero-order chi connectivity index (χ0) is 10.9. The minimum Gasteiger partial charge on any atom is -0.397 e. The van der Waals surface area contributed by atoms with E-state index in [1.807, 2.05) is 0 Å². The molecule has 1 aliphatic rings. The van der Waals surface area contributed by atoms with Crippen molar-refractivity contribution in [2.45, 2.75) is 19.8 Å². The van der Waals surface area contributed by atoms with Crippen LogP contribution in [-0.4, -0.2) is 11.5 Å². The quantitative estimate of drug-likeness (QED) is 0.783. The zero-order valence-electron chi connectivity index (χ0n) is 8.75. The summed E-state index contributed by atoms with van der Waals surface area (Å²) in [4.78, 5) is 4.12. The molecule has 4 nitrogen and oxygen atoms in total. The number of nitrogens with zero attached hydrogens (tertiary/aromatic N) is 2. The van der Waals surface area contributed by atoms with Crippen LogP contribution >= 0.6 is 0 Å². The molecule has 0 saturated heterocycles. The maximum Gasteiger partial charge on any atom is 0.144 e. The molecular weight excluding hydrogens is 188 g/mol. The molecule has 0 bridgehead atoms. The van der Waals surface area contributed by atoms with Crippen LogP contribution in [-0.2, 0) is 0 Å². The highest BCUT2D eigenvalue weighted by Gasteiger charge is 2.36. The van der Waals surface area contributed by atoms with E-state index < -0.39 is 0 Å². The Morgan fingerprint density at radius 1 is 1.67 bits per heavy atom. The molecule has 1 aromatic heterocycles. The summed E-state index contributed by atoms with van der Waals surface area (Å²) in [7, 11) is 0. The van der Waals surface area contributed by atoms with E-state index in [9.17, 15) is 0 Å². The average molecular weight is 202 g/mol. The highest BCUT2D eigenvalue weighted by Crippen LogP contribution is 2.44. The molecule has 0 spiro atoms. The van der Waals surface area contributed by atoms with Crippen molar-refractivity contribution < 1.29 is 0 Å². The predicted molar refractivity (Wildman–Crippen MR) is 59.2 cm³/mol. The van der Waals surface area contributed by atoms with Crippen LogP contribution in [0, 0.1) is 16.7 Å². The molecule has 4 heteroatoms. The van der Waals surface area contributed by atoms with Gasteiger partial charge >= 0.3 is 0 Å². The third-order valence-electron chi connectivity index (χ3n) is 2.82. The van der Waals surface area contributed by atoms with Crippen molar-refractivity contribution >= 4 is 11.5 Å². The van der Waals surface area contributed by atoms with Crippen molar-refractivity contribution in [2.75, 3.05) is 17.6 Å². The zero-order valence-corrected chi connectivity index (χ0v) is 8.75. The van der Waals surface area contributed by atoms with Gasteiger partial charge in [-0.3, -0.25) is 0 Å². The number of hydrogen-bond acceptors (Lipinski definition) is 4. The summed E-state index contributed by atoms with van der Waals surface area (Å²) >= 11 is 0. The van der Waals surface area contributed by atoms with E-state index in [4.69, 9.17) is 11.0 Å². The lowest BCUT2D eigenvalue weighted by Crippen LogP contribution is -2.13. The Hall–Kier alpha value is -1.76. The van der Waals surface area contributed by atoms with Crippen molar-refractivity contribution in [1.29, 1.82) is 5.26 Å². The van der Waals surface area contributed by atoms with E-state index in [0.717, 1.165) is 6.54 Å². The number of hydrogen-bond donors (Lipinski definition) is 2. The van der Waals surface area contributed by atoms with Gasteiger partial charge in [-0.15, -0.1) is 0 Å². The van der Waals surface area contributed by atoms with Gasteiger partial charge in [-0.1, -0.05) is 6.92 Å². The molecule has 3 N–H and O–H groups in total. The van der Waals surface area contributed by atoms with E-state index >= 15 is 0 Å². The van der Waals surface area contributed by atoms with Crippen LogP contribution in [0.5, 0.6) is 0 Å². The Morgan fingerprint density at radius 3 is 3.00 bits per heavy atom. The van der Waals surface area contributed by atoms with Crippen molar-refractivity contribution in [3.05, 3.63) is 17.8 Å². The molecular formula is C11H14N4. The minimum atomic E-state index is 0.399. The van der Waals surface area contributed by atoms with Crippen molar-refractivity contribution in [2.24, 2.45) is 5.41 Å². The second kappa shape index (κ2) is 3.43. The number of nitrogen functional groups attached to an aromatic ring is 1. The molecule has 2 rings (SSSR count). The third-order valence-corrected chi connectivity index (χ3v) is 2.82. The van der Waals surface area contributed by atoms with E-state index in [2.05, 4.69) is 23.3 Å². The number of nitrogens with one attached hydrogen (secondary N) is 1. The molecule has 1 saturated carbocycles. The third kappa shape index (κ3) is 2.18. The van der Waals surface area contributed by atoms with Crippen LogP contribution in [0.2, 0.25) is 0 Å². The molecule has 0 amide bonds. The van der Waals surface area contributed by atoms with Crippen LogP contribution in [0.3, 0.4) is 0 Å². The van der Waals surface area contributed by atoms with Gasteiger partial charge in [-0.2, -0.15) is 5.26 Å². The average Bonchev–Trinajstić information content (AvgIpc) is 2.95. The topological polar surface area (TPSA) is 74.7 Å². The second-order valence-corrected chi connectivity index (χ2v) is 4.44. The van der Waals surface area contributed by atoms with Crippen LogP contribution in [0.15, 0.2) is 12.3 Å². The Balaban J connectivity index is 2.10. The summed E-state index contributed by atoms with van der Waals surface area (Å²) in [6, 6.07) is 3.73. The molecule has 1 aliphatic carbocycles. The summed E-state index contributed by atoms with van der Waals surface area (Å²) in [5.74, 6) is 0.639. The molecule has 15 heavy (non-hydrogen) atoms. The first-order chi connectivity index (χ1) is 7.13. The van der Waals surface area contributed by atoms with E-state index in [1.54, 1.807) is 12.3 Å². The van der Waals surface area contributed by atoms with E-state index in [1.165, 1.54) is 12.8 Å². The lowest BCUT2D eigenvalue weighted by Gasteiger charge is -2.11. The van der Waals surface area contributed by atoms with Gasteiger partial charge in [0.05, 0.1) is 17.4 Å². The van der Waals surface area contributed by atoms with Gasteiger partial charge in [0.15, 0.2) is 0 Å². The van der Waals surface area contributed by atoms with Crippen LogP contribution in [0.1, 0.15) is 25.3 Å². The number of rotatable bonds is 3. The molecule has 1 fully saturated rings. The normalized spacial score (nSPS) is 16.8. The second-order valence-electron chi connectivity index (χ2n) is 4.44. The van der Waals surface area contributed by atoms with Crippen molar-refractivity contribution in [1.82, 2.24) is 4.98 Å². The number of nitriles is 1. The molecule has 1 heterocycles. The Bertz CT molecular complexity index is 415. The van der Waals surface area contributed by atoms with E-state index in [0.29, 0.717) is 22.5 Å². The van der Waals surface area contributed by atoms with Gasteiger partial charge in [-0.25, -0.2) is 4.98 Å².